The number of nitrogens with one attached hydrogen (secondary N) is 1. The molecule has 0 saturated carbocycles. The van der Waals surface area contributed by atoms with Crippen LogP contribution in [-0.2, 0) is 9.53 Å². The standard InChI is InChI=1S/C20H23NO5/c1-5-16(26-18-12-7-6-11-17(18)24-3)19(22)21-15-10-8-9-14(13(15)2)20(23)25-4/h6-12,16H,5H2,1-4H3,(H,21,22)/t16-/m0/s1. The van der Waals surface area contributed by atoms with E-state index in [9.17, 15) is 9.59 Å². The summed E-state index contributed by atoms with van der Waals surface area (Å²) in [5, 5.41) is 2.83. The zero-order valence-corrected chi connectivity index (χ0v) is 15.4. The molecule has 0 saturated heterocycles. The number of esters is 1. The van der Waals surface area contributed by atoms with Gasteiger partial charge >= 0.3 is 5.97 Å². The summed E-state index contributed by atoms with van der Waals surface area (Å²) in [6, 6.07) is 12.2. The zero-order valence-electron chi connectivity index (χ0n) is 15.4. The van der Waals surface area contributed by atoms with Crippen molar-refractivity contribution in [3.63, 3.8) is 0 Å². The van der Waals surface area contributed by atoms with Crippen molar-refractivity contribution in [3.05, 3.63) is 53.6 Å². The topological polar surface area (TPSA) is 73.9 Å². The zero-order chi connectivity index (χ0) is 19.1. The average molecular weight is 357 g/mol. The molecule has 1 amide bonds. The first kappa shape index (κ1) is 19.3. The summed E-state index contributed by atoms with van der Waals surface area (Å²) < 4.78 is 15.8. The van der Waals surface area contributed by atoms with Crippen molar-refractivity contribution >= 4 is 17.6 Å². The summed E-state index contributed by atoms with van der Waals surface area (Å²) in [4.78, 5) is 24.5. The number of anilines is 1. The Kier molecular flexibility index (Phi) is 6.60. The van der Waals surface area contributed by atoms with Crippen LogP contribution in [0.1, 0.15) is 29.3 Å². The molecule has 0 bridgehead atoms. The van der Waals surface area contributed by atoms with Gasteiger partial charge in [-0.05, 0) is 43.2 Å². The van der Waals surface area contributed by atoms with Gasteiger partial charge in [-0.15, -0.1) is 0 Å². The molecular weight excluding hydrogens is 334 g/mol. The van der Waals surface area contributed by atoms with Crippen LogP contribution in [0.2, 0.25) is 0 Å². The van der Waals surface area contributed by atoms with Gasteiger partial charge in [0.25, 0.3) is 5.91 Å². The second-order valence-electron chi connectivity index (χ2n) is 5.62. The van der Waals surface area contributed by atoms with Gasteiger partial charge in [-0.2, -0.15) is 0 Å². The highest BCUT2D eigenvalue weighted by molar-refractivity contribution is 5.98. The molecule has 0 aliphatic rings. The molecule has 6 heteroatoms. The van der Waals surface area contributed by atoms with Crippen LogP contribution in [0.3, 0.4) is 0 Å². The number of carbonyl (C=O) groups is 2. The molecule has 0 heterocycles. The quantitative estimate of drug-likeness (QED) is 0.767. The number of carbonyl (C=O) groups excluding carboxylic acids is 2. The predicted molar refractivity (Wildman–Crippen MR) is 98.8 cm³/mol. The number of ether oxygens (including phenoxy) is 3. The van der Waals surface area contributed by atoms with E-state index in [1.54, 1.807) is 44.4 Å². The number of benzene rings is 2. The van der Waals surface area contributed by atoms with Gasteiger partial charge in [0.2, 0.25) is 0 Å². The molecule has 0 unspecified atom stereocenters. The van der Waals surface area contributed by atoms with E-state index in [0.29, 0.717) is 34.7 Å². The molecular formula is C20H23NO5. The van der Waals surface area contributed by atoms with Gasteiger partial charge in [-0.25, -0.2) is 4.79 Å². The lowest BCUT2D eigenvalue weighted by atomic mass is 10.1. The first-order valence-corrected chi connectivity index (χ1v) is 8.30. The second-order valence-corrected chi connectivity index (χ2v) is 5.62. The van der Waals surface area contributed by atoms with Crippen molar-refractivity contribution in [2.45, 2.75) is 26.4 Å². The van der Waals surface area contributed by atoms with Gasteiger partial charge in [0.1, 0.15) is 0 Å². The van der Waals surface area contributed by atoms with Crippen LogP contribution in [0.4, 0.5) is 5.69 Å². The van der Waals surface area contributed by atoms with Crippen molar-refractivity contribution in [3.8, 4) is 11.5 Å². The van der Waals surface area contributed by atoms with Gasteiger partial charge in [-0.3, -0.25) is 4.79 Å². The van der Waals surface area contributed by atoms with E-state index in [4.69, 9.17) is 14.2 Å². The molecule has 2 aromatic carbocycles. The van der Waals surface area contributed by atoms with Crippen LogP contribution < -0.4 is 14.8 Å². The molecule has 0 aliphatic carbocycles. The highest BCUT2D eigenvalue weighted by atomic mass is 16.5. The predicted octanol–water partition coefficient (Wildman–Crippen LogP) is 3.59. The van der Waals surface area contributed by atoms with Gasteiger partial charge in [0.15, 0.2) is 17.6 Å². The van der Waals surface area contributed by atoms with E-state index in [1.165, 1.54) is 7.11 Å². The molecule has 2 rings (SSSR count). The molecule has 0 radical (unpaired) electrons. The normalized spacial score (nSPS) is 11.4. The Morgan fingerprint density at radius 1 is 1.04 bits per heavy atom. The maximum Gasteiger partial charge on any atom is 0.338 e. The SMILES string of the molecule is CC[C@H](Oc1ccccc1OC)C(=O)Nc1cccc(C(=O)OC)c1C. The molecule has 0 spiro atoms. The highest BCUT2D eigenvalue weighted by Gasteiger charge is 2.21. The van der Waals surface area contributed by atoms with Gasteiger partial charge in [0.05, 0.1) is 19.8 Å². The van der Waals surface area contributed by atoms with Crippen LogP contribution in [-0.4, -0.2) is 32.2 Å². The summed E-state index contributed by atoms with van der Waals surface area (Å²) in [6.07, 6.45) is -0.230. The summed E-state index contributed by atoms with van der Waals surface area (Å²) in [5.41, 5.74) is 1.59. The fourth-order valence-electron chi connectivity index (χ4n) is 2.51. The van der Waals surface area contributed by atoms with Crippen LogP contribution in [0, 0.1) is 6.92 Å². The third kappa shape index (κ3) is 4.33. The van der Waals surface area contributed by atoms with Crippen molar-refractivity contribution in [2.24, 2.45) is 0 Å². The van der Waals surface area contributed by atoms with Gasteiger partial charge in [0, 0.05) is 5.69 Å². The Balaban J connectivity index is 2.18. The lowest BCUT2D eigenvalue weighted by Crippen LogP contribution is -2.32. The van der Waals surface area contributed by atoms with Crippen molar-refractivity contribution < 1.29 is 23.8 Å². The fraction of sp³-hybridized carbons (Fsp3) is 0.300. The minimum Gasteiger partial charge on any atom is -0.493 e. The summed E-state index contributed by atoms with van der Waals surface area (Å²) in [5.74, 6) is 0.305. The van der Waals surface area contributed by atoms with E-state index in [2.05, 4.69) is 5.32 Å². The Labute approximate surface area is 153 Å². The number of hydrogen-bond donors (Lipinski definition) is 1. The Bertz CT molecular complexity index is 788. The summed E-state index contributed by atoms with van der Waals surface area (Å²) >= 11 is 0. The molecule has 0 aromatic heterocycles. The summed E-state index contributed by atoms with van der Waals surface area (Å²) in [7, 11) is 2.87. The lowest BCUT2D eigenvalue weighted by Gasteiger charge is -2.19. The van der Waals surface area contributed by atoms with E-state index in [1.807, 2.05) is 19.1 Å². The largest absolute Gasteiger partial charge is 0.493 e. The number of methoxy groups -OCH3 is 2. The molecule has 1 atom stereocenters. The number of para-hydroxylation sites is 2. The fourth-order valence-corrected chi connectivity index (χ4v) is 2.51. The third-order valence-corrected chi connectivity index (χ3v) is 4.00. The van der Waals surface area contributed by atoms with Crippen LogP contribution >= 0.6 is 0 Å². The minimum atomic E-state index is -0.701. The van der Waals surface area contributed by atoms with Crippen LogP contribution in [0.25, 0.3) is 0 Å². The Hall–Kier alpha value is -3.02. The first-order valence-electron chi connectivity index (χ1n) is 8.30. The molecule has 6 nitrogen and oxygen atoms in total. The lowest BCUT2D eigenvalue weighted by molar-refractivity contribution is -0.122. The first-order chi connectivity index (χ1) is 12.5. The van der Waals surface area contributed by atoms with Crippen molar-refractivity contribution in [1.29, 1.82) is 0 Å². The van der Waals surface area contributed by atoms with Crippen molar-refractivity contribution in [2.75, 3.05) is 19.5 Å². The van der Waals surface area contributed by atoms with Crippen molar-refractivity contribution in [1.82, 2.24) is 0 Å². The number of amides is 1. The van der Waals surface area contributed by atoms with Gasteiger partial charge < -0.3 is 19.5 Å². The highest BCUT2D eigenvalue weighted by Crippen LogP contribution is 2.28. The third-order valence-electron chi connectivity index (χ3n) is 4.00. The molecule has 1 N–H and O–H groups in total. The van der Waals surface area contributed by atoms with E-state index < -0.39 is 12.1 Å². The smallest absolute Gasteiger partial charge is 0.338 e. The van der Waals surface area contributed by atoms with Crippen LogP contribution in [0.15, 0.2) is 42.5 Å². The molecule has 2 aromatic rings. The van der Waals surface area contributed by atoms with Crippen LogP contribution in [0.5, 0.6) is 11.5 Å². The maximum absolute atomic E-state index is 12.7. The number of hydrogen-bond acceptors (Lipinski definition) is 5. The minimum absolute atomic E-state index is 0.302. The number of rotatable bonds is 7. The molecule has 0 aliphatic heterocycles. The average Bonchev–Trinajstić information content (AvgIpc) is 2.67. The summed E-state index contributed by atoms with van der Waals surface area (Å²) in [6.45, 7) is 3.61. The monoisotopic (exact) mass is 357 g/mol. The molecule has 0 fully saturated rings. The molecule has 138 valence electrons. The second kappa shape index (κ2) is 8.89. The Morgan fingerprint density at radius 3 is 2.35 bits per heavy atom. The van der Waals surface area contributed by atoms with E-state index in [-0.39, 0.29) is 5.91 Å². The molecule has 26 heavy (non-hydrogen) atoms. The van der Waals surface area contributed by atoms with E-state index in [0.717, 1.165) is 0 Å². The Morgan fingerprint density at radius 2 is 1.73 bits per heavy atom. The maximum atomic E-state index is 12.7. The van der Waals surface area contributed by atoms with Gasteiger partial charge in [-0.1, -0.05) is 25.1 Å². The van der Waals surface area contributed by atoms with E-state index >= 15 is 0 Å².